The van der Waals surface area contributed by atoms with Crippen molar-refractivity contribution in [1.82, 2.24) is 10.5 Å². The molecule has 0 unspecified atom stereocenters. The van der Waals surface area contributed by atoms with Crippen molar-refractivity contribution in [2.45, 2.75) is 44.6 Å². The van der Waals surface area contributed by atoms with Gasteiger partial charge in [0.25, 0.3) is 15.9 Å². The van der Waals surface area contributed by atoms with E-state index in [1.165, 1.54) is 18.2 Å². The molecule has 2 aromatic carbocycles. The summed E-state index contributed by atoms with van der Waals surface area (Å²) in [5.41, 5.74) is 2.20. The first kappa shape index (κ1) is 22.8. The summed E-state index contributed by atoms with van der Waals surface area (Å²) in [7, 11) is -3.90. The molecule has 0 bridgehead atoms. The summed E-state index contributed by atoms with van der Waals surface area (Å²) in [5, 5.41) is 6.61. The molecular formula is C22H24ClN3O4S. The van der Waals surface area contributed by atoms with Crippen LogP contribution in [0.15, 0.2) is 57.9 Å². The number of unbranched alkanes of at least 4 members (excludes halogenated alkanes) is 1. The second-order valence-corrected chi connectivity index (χ2v) is 9.25. The molecule has 2 N–H and O–H groups in total. The van der Waals surface area contributed by atoms with Crippen molar-refractivity contribution in [3.63, 3.8) is 0 Å². The number of benzene rings is 2. The van der Waals surface area contributed by atoms with Crippen LogP contribution in [0.5, 0.6) is 0 Å². The number of anilines is 1. The summed E-state index contributed by atoms with van der Waals surface area (Å²) >= 11 is 6.14. The summed E-state index contributed by atoms with van der Waals surface area (Å²) < 4.78 is 33.1. The van der Waals surface area contributed by atoms with E-state index in [1.807, 2.05) is 12.1 Å². The van der Waals surface area contributed by atoms with Gasteiger partial charge < -0.3 is 9.84 Å². The van der Waals surface area contributed by atoms with Crippen LogP contribution in [-0.2, 0) is 23.0 Å². The minimum atomic E-state index is -3.90. The molecule has 0 radical (unpaired) electrons. The number of rotatable bonds is 9. The Labute approximate surface area is 186 Å². The van der Waals surface area contributed by atoms with E-state index in [-0.39, 0.29) is 22.0 Å². The number of halogens is 1. The van der Waals surface area contributed by atoms with Gasteiger partial charge in [-0.2, -0.15) is 0 Å². The third-order valence-corrected chi connectivity index (χ3v) is 6.33. The fraction of sp³-hybridized carbons (Fsp3) is 0.273. The van der Waals surface area contributed by atoms with E-state index in [2.05, 4.69) is 22.1 Å². The monoisotopic (exact) mass is 461 g/mol. The molecule has 0 aliphatic heterocycles. The second kappa shape index (κ2) is 9.98. The molecule has 0 atom stereocenters. The van der Waals surface area contributed by atoms with Gasteiger partial charge in [-0.05, 0) is 55.7 Å². The van der Waals surface area contributed by atoms with Gasteiger partial charge in [-0.3, -0.25) is 9.52 Å². The Morgan fingerprint density at radius 3 is 2.52 bits per heavy atom. The molecule has 1 heterocycles. The maximum atomic E-state index is 12.8. The first-order valence-corrected chi connectivity index (χ1v) is 11.8. The Morgan fingerprint density at radius 2 is 1.87 bits per heavy atom. The minimum absolute atomic E-state index is 0.0553. The lowest BCUT2D eigenvalue weighted by molar-refractivity contribution is 0.0950. The van der Waals surface area contributed by atoms with Gasteiger partial charge in [0, 0.05) is 11.8 Å². The molecular weight excluding hydrogens is 438 g/mol. The first-order chi connectivity index (χ1) is 14.8. The number of carbonyl (C=O) groups is 1. The largest absolute Gasteiger partial charge is 0.361 e. The van der Waals surface area contributed by atoms with Gasteiger partial charge in [-0.15, -0.1) is 0 Å². The average molecular weight is 462 g/mol. The van der Waals surface area contributed by atoms with Crippen LogP contribution in [0.25, 0.3) is 0 Å². The number of aromatic nitrogens is 1. The van der Waals surface area contributed by atoms with Gasteiger partial charge in [0.15, 0.2) is 0 Å². The number of hydrogen-bond donors (Lipinski definition) is 2. The maximum Gasteiger partial charge on any atom is 0.261 e. The quantitative estimate of drug-likeness (QED) is 0.480. The van der Waals surface area contributed by atoms with Crippen molar-refractivity contribution in [3.05, 3.63) is 76.1 Å². The number of sulfonamides is 1. The second-order valence-electron chi connectivity index (χ2n) is 7.16. The highest BCUT2D eigenvalue weighted by Crippen LogP contribution is 2.23. The summed E-state index contributed by atoms with van der Waals surface area (Å²) in [5.74, 6) is 0.114. The molecule has 0 saturated carbocycles. The molecule has 164 valence electrons. The van der Waals surface area contributed by atoms with E-state index in [4.69, 9.17) is 16.1 Å². The minimum Gasteiger partial charge on any atom is -0.361 e. The number of aryl methyl sites for hydroxylation is 2. The van der Waals surface area contributed by atoms with Crippen LogP contribution < -0.4 is 10.0 Å². The Balaban J connectivity index is 1.73. The molecule has 9 heteroatoms. The summed E-state index contributed by atoms with van der Waals surface area (Å²) in [6, 6.07) is 13.0. The standard InChI is InChI=1S/C22H24ClN3O4S/c1-3-4-5-16-6-8-17(9-7-16)26-31(28,29)19-10-11-21(23)20(13-19)22(27)24-14-18-12-15(2)30-25-18/h6-13,26H,3-5,14H2,1-2H3,(H,24,27). The van der Waals surface area contributed by atoms with Gasteiger partial charge in [0.1, 0.15) is 11.5 Å². The summed E-state index contributed by atoms with van der Waals surface area (Å²) in [6.07, 6.45) is 3.13. The fourth-order valence-corrected chi connectivity index (χ4v) is 4.24. The predicted molar refractivity (Wildman–Crippen MR) is 120 cm³/mol. The van der Waals surface area contributed by atoms with Crippen LogP contribution in [0.2, 0.25) is 5.02 Å². The van der Waals surface area contributed by atoms with Crippen molar-refractivity contribution >= 4 is 33.2 Å². The Morgan fingerprint density at radius 1 is 1.13 bits per heavy atom. The molecule has 0 spiro atoms. The van der Waals surface area contributed by atoms with Crippen LogP contribution in [0.1, 0.15) is 47.1 Å². The van der Waals surface area contributed by atoms with Crippen molar-refractivity contribution in [3.8, 4) is 0 Å². The zero-order chi connectivity index (χ0) is 22.4. The fourth-order valence-electron chi connectivity index (χ4n) is 2.95. The molecule has 0 aliphatic carbocycles. The molecule has 3 rings (SSSR count). The Hall–Kier alpha value is -2.84. The lowest BCUT2D eigenvalue weighted by Gasteiger charge is -2.11. The van der Waals surface area contributed by atoms with Crippen molar-refractivity contribution in [1.29, 1.82) is 0 Å². The van der Waals surface area contributed by atoms with Crippen LogP contribution >= 0.6 is 11.6 Å². The van der Waals surface area contributed by atoms with Gasteiger partial charge in [-0.1, -0.05) is 42.2 Å². The smallest absolute Gasteiger partial charge is 0.261 e. The van der Waals surface area contributed by atoms with Crippen LogP contribution in [0.4, 0.5) is 5.69 Å². The third-order valence-electron chi connectivity index (χ3n) is 4.62. The van der Waals surface area contributed by atoms with Crippen molar-refractivity contribution < 1.29 is 17.7 Å². The van der Waals surface area contributed by atoms with Crippen LogP contribution in [0.3, 0.4) is 0 Å². The molecule has 1 amide bonds. The van der Waals surface area contributed by atoms with E-state index in [0.717, 1.165) is 24.8 Å². The number of amides is 1. The highest BCUT2D eigenvalue weighted by molar-refractivity contribution is 7.92. The Kier molecular flexibility index (Phi) is 7.35. The zero-order valence-electron chi connectivity index (χ0n) is 17.3. The van der Waals surface area contributed by atoms with E-state index >= 15 is 0 Å². The summed E-state index contributed by atoms with van der Waals surface area (Å²) in [6.45, 7) is 4.00. The lowest BCUT2D eigenvalue weighted by Crippen LogP contribution is -2.24. The number of carbonyl (C=O) groups excluding carboxylic acids is 1. The zero-order valence-corrected chi connectivity index (χ0v) is 18.9. The van der Waals surface area contributed by atoms with E-state index in [0.29, 0.717) is 17.1 Å². The van der Waals surface area contributed by atoms with Crippen LogP contribution in [-0.4, -0.2) is 19.5 Å². The highest BCUT2D eigenvalue weighted by atomic mass is 35.5. The van der Waals surface area contributed by atoms with Crippen LogP contribution in [0, 0.1) is 6.92 Å². The highest BCUT2D eigenvalue weighted by Gasteiger charge is 2.19. The van der Waals surface area contributed by atoms with E-state index < -0.39 is 15.9 Å². The van der Waals surface area contributed by atoms with E-state index in [9.17, 15) is 13.2 Å². The molecule has 31 heavy (non-hydrogen) atoms. The van der Waals surface area contributed by atoms with Gasteiger partial charge in [0.05, 0.1) is 22.0 Å². The molecule has 3 aromatic rings. The van der Waals surface area contributed by atoms with Gasteiger partial charge >= 0.3 is 0 Å². The van der Waals surface area contributed by atoms with Gasteiger partial charge in [-0.25, -0.2) is 8.42 Å². The topological polar surface area (TPSA) is 101 Å². The SMILES string of the molecule is CCCCc1ccc(NS(=O)(=O)c2ccc(Cl)c(C(=O)NCc3cc(C)on3)c2)cc1. The number of hydrogen-bond acceptors (Lipinski definition) is 5. The van der Waals surface area contributed by atoms with Crippen molar-refractivity contribution in [2.75, 3.05) is 4.72 Å². The van der Waals surface area contributed by atoms with Gasteiger partial charge in [0.2, 0.25) is 0 Å². The van der Waals surface area contributed by atoms with Crippen molar-refractivity contribution in [2.24, 2.45) is 0 Å². The molecule has 7 nitrogen and oxygen atoms in total. The molecule has 0 saturated heterocycles. The third kappa shape index (κ3) is 6.08. The van der Waals surface area contributed by atoms with E-state index in [1.54, 1.807) is 25.1 Å². The number of nitrogens with one attached hydrogen (secondary N) is 2. The normalized spacial score (nSPS) is 11.3. The maximum absolute atomic E-state index is 12.8. The molecule has 1 aromatic heterocycles. The number of nitrogens with zero attached hydrogens (tertiary/aromatic N) is 1. The Bertz CT molecular complexity index is 1160. The summed E-state index contributed by atoms with van der Waals surface area (Å²) in [4.78, 5) is 12.5. The lowest BCUT2D eigenvalue weighted by atomic mass is 10.1. The first-order valence-electron chi connectivity index (χ1n) is 9.90. The molecule has 0 fully saturated rings. The predicted octanol–water partition coefficient (Wildman–Crippen LogP) is 4.71. The molecule has 0 aliphatic rings. The average Bonchev–Trinajstić information content (AvgIpc) is 3.16.